The first-order valence-electron chi connectivity index (χ1n) is 5.88. The lowest BCUT2D eigenvalue weighted by Gasteiger charge is -2.06. The number of nitrogens with two attached hydrogens (primary N) is 1. The predicted octanol–water partition coefficient (Wildman–Crippen LogP) is 1.49. The quantitative estimate of drug-likeness (QED) is 0.764. The first-order valence-corrected chi connectivity index (χ1v) is 5.88. The van der Waals surface area contributed by atoms with Crippen molar-refractivity contribution in [2.45, 2.75) is 6.54 Å². The molecular formula is C14H13N3O3. The van der Waals surface area contributed by atoms with Crippen molar-refractivity contribution in [3.63, 3.8) is 0 Å². The summed E-state index contributed by atoms with van der Waals surface area (Å²) in [5.74, 6) is -0.912. The Bertz CT molecular complexity index is 638. The molecule has 102 valence electrons. The number of nitrogens with zero attached hydrogens (tertiary/aromatic N) is 1. The summed E-state index contributed by atoms with van der Waals surface area (Å²) in [6.45, 7) is 0.435. The van der Waals surface area contributed by atoms with E-state index >= 15 is 0 Å². The fourth-order valence-electron chi connectivity index (χ4n) is 1.65. The number of primary amides is 1. The van der Waals surface area contributed by atoms with Crippen LogP contribution in [0.5, 0.6) is 0 Å². The number of carboxylic acids is 1. The largest absolute Gasteiger partial charge is 0.478 e. The second-order valence-corrected chi connectivity index (χ2v) is 4.16. The van der Waals surface area contributed by atoms with Crippen molar-refractivity contribution >= 4 is 17.7 Å². The maximum absolute atomic E-state index is 10.9. The summed E-state index contributed by atoms with van der Waals surface area (Å²) < 4.78 is 0. The van der Waals surface area contributed by atoms with E-state index in [1.54, 1.807) is 24.3 Å². The molecule has 0 aliphatic carbocycles. The SMILES string of the molecule is NC(=O)c1ccc(NCc2cccc(C(=O)O)c2)nc1. The Morgan fingerprint density at radius 3 is 2.60 bits per heavy atom. The topological polar surface area (TPSA) is 105 Å². The van der Waals surface area contributed by atoms with Gasteiger partial charge in [0, 0.05) is 12.7 Å². The number of rotatable bonds is 5. The molecule has 2 rings (SSSR count). The third kappa shape index (κ3) is 3.32. The molecule has 0 spiro atoms. The van der Waals surface area contributed by atoms with Gasteiger partial charge in [0.05, 0.1) is 11.1 Å². The minimum absolute atomic E-state index is 0.237. The zero-order valence-corrected chi connectivity index (χ0v) is 10.5. The number of carbonyl (C=O) groups is 2. The standard InChI is InChI=1S/C14H13N3O3/c15-13(18)11-4-5-12(17-8-11)16-7-9-2-1-3-10(6-9)14(19)20/h1-6,8H,7H2,(H2,15,18)(H,16,17)(H,19,20). The molecule has 6 heteroatoms. The third-order valence-corrected chi connectivity index (χ3v) is 2.70. The van der Waals surface area contributed by atoms with Crippen LogP contribution >= 0.6 is 0 Å². The number of hydrogen-bond donors (Lipinski definition) is 3. The minimum Gasteiger partial charge on any atom is -0.478 e. The lowest BCUT2D eigenvalue weighted by atomic mass is 10.1. The van der Waals surface area contributed by atoms with Gasteiger partial charge in [0.15, 0.2) is 0 Å². The third-order valence-electron chi connectivity index (χ3n) is 2.70. The van der Waals surface area contributed by atoms with Crippen LogP contribution in [0.3, 0.4) is 0 Å². The summed E-state index contributed by atoms with van der Waals surface area (Å²) in [7, 11) is 0. The molecule has 6 nitrogen and oxygen atoms in total. The Labute approximate surface area is 115 Å². The van der Waals surface area contributed by atoms with Gasteiger partial charge in [0.2, 0.25) is 5.91 Å². The number of benzene rings is 1. The van der Waals surface area contributed by atoms with Crippen LogP contribution in [0.25, 0.3) is 0 Å². The van der Waals surface area contributed by atoms with E-state index in [-0.39, 0.29) is 5.56 Å². The molecule has 2 aromatic rings. The highest BCUT2D eigenvalue weighted by Crippen LogP contribution is 2.09. The van der Waals surface area contributed by atoms with Gasteiger partial charge in [-0.25, -0.2) is 9.78 Å². The number of carboxylic acid groups (broad SMARTS) is 1. The number of pyridine rings is 1. The molecule has 20 heavy (non-hydrogen) atoms. The molecule has 1 aromatic heterocycles. The number of hydrogen-bond acceptors (Lipinski definition) is 4. The Balaban J connectivity index is 2.03. The van der Waals surface area contributed by atoms with E-state index in [0.717, 1.165) is 5.56 Å². The van der Waals surface area contributed by atoms with Gasteiger partial charge < -0.3 is 16.2 Å². The predicted molar refractivity (Wildman–Crippen MR) is 73.5 cm³/mol. The molecule has 0 saturated carbocycles. The molecule has 0 aliphatic heterocycles. The van der Waals surface area contributed by atoms with Crippen LogP contribution in [0.1, 0.15) is 26.3 Å². The molecule has 0 fully saturated rings. The summed E-state index contributed by atoms with van der Waals surface area (Å²) in [6, 6.07) is 9.84. The number of anilines is 1. The average Bonchev–Trinajstić information content (AvgIpc) is 2.46. The van der Waals surface area contributed by atoms with Crippen LogP contribution in [-0.4, -0.2) is 22.0 Å². The van der Waals surface area contributed by atoms with Crippen LogP contribution in [0.4, 0.5) is 5.82 Å². The molecule has 0 aliphatic rings. The second-order valence-electron chi connectivity index (χ2n) is 4.16. The van der Waals surface area contributed by atoms with Crippen LogP contribution < -0.4 is 11.1 Å². The van der Waals surface area contributed by atoms with Gasteiger partial charge in [0.1, 0.15) is 5.82 Å². The first kappa shape index (κ1) is 13.5. The van der Waals surface area contributed by atoms with Crippen LogP contribution in [0.2, 0.25) is 0 Å². The summed E-state index contributed by atoms with van der Waals surface area (Å²) >= 11 is 0. The normalized spacial score (nSPS) is 10.0. The molecule has 0 saturated heterocycles. The van der Waals surface area contributed by atoms with E-state index < -0.39 is 11.9 Å². The molecule has 1 heterocycles. The maximum Gasteiger partial charge on any atom is 0.335 e. The molecule has 0 bridgehead atoms. The number of aromatic nitrogens is 1. The van der Waals surface area contributed by atoms with Crippen molar-refractivity contribution in [2.75, 3.05) is 5.32 Å². The maximum atomic E-state index is 10.9. The van der Waals surface area contributed by atoms with E-state index in [2.05, 4.69) is 10.3 Å². The zero-order valence-electron chi connectivity index (χ0n) is 10.5. The number of nitrogens with one attached hydrogen (secondary N) is 1. The highest BCUT2D eigenvalue weighted by molar-refractivity contribution is 5.92. The number of amides is 1. The van der Waals surface area contributed by atoms with E-state index in [9.17, 15) is 9.59 Å². The molecule has 0 atom stereocenters. The molecule has 4 N–H and O–H groups in total. The Morgan fingerprint density at radius 2 is 2.00 bits per heavy atom. The van der Waals surface area contributed by atoms with Crippen LogP contribution in [-0.2, 0) is 6.54 Å². The molecule has 1 aromatic carbocycles. The average molecular weight is 271 g/mol. The van der Waals surface area contributed by atoms with Crippen molar-refractivity contribution in [3.05, 3.63) is 59.3 Å². The van der Waals surface area contributed by atoms with Gasteiger partial charge in [-0.15, -0.1) is 0 Å². The smallest absolute Gasteiger partial charge is 0.335 e. The van der Waals surface area contributed by atoms with Gasteiger partial charge in [0.25, 0.3) is 0 Å². The van der Waals surface area contributed by atoms with Crippen LogP contribution in [0.15, 0.2) is 42.6 Å². The summed E-state index contributed by atoms with van der Waals surface area (Å²) in [4.78, 5) is 25.8. The monoisotopic (exact) mass is 271 g/mol. The van der Waals surface area contributed by atoms with Gasteiger partial charge in [-0.2, -0.15) is 0 Å². The highest BCUT2D eigenvalue weighted by Gasteiger charge is 2.04. The van der Waals surface area contributed by atoms with Crippen molar-refractivity contribution in [2.24, 2.45) is 5.73 Å². The van der Waals surface area contributed by atoms with Crippen molar-refractivity contribution < 1.29 is 14.7 Å². The molecule has 0 unspecified atom stereocenters. The summed E-state index contributed by atoms with van der Waals surface area (Å²) in [5.41, 5.74) is 6.52. The van der Waals surface area contributed by atoms with Gasteiger partial charge in [-0.05, 0) is 29.8 Å². The minimum atomic E-state index is -0.962. The fourth-order valence-corrected chi connectivity index (χ4v) is 1.65. The van der Waals surface area contributed by atoms with Crippen LogP contribution in [0, 0.1) is 0 Å². The summed E-state index contributed by atoms with van der Waals surface area (Å²) in [5, 5.41) is 11.9. The molecule has 1 amide bonds. The Kier molecular flexibility index (Phi) is 3.95. The van der Waals surface area contributed by atoms with E-state index in [1.807, 2.05) is 6.07 Å². The van der Waals surface area contributed by atoms with Gasteiger partial charge in [-0.3, -0.25) is 4.79 Å². The number of carbonyl (C=O) groups excluding carboxylic acids is 1. The lowest BCUT2D eigenvalue weighted by molar-refractivity contribution is 0.0696. The zero-order chi connectivity index (χ0) is 14.5. The molecular weight excluding hydrogens is 258 g/mol. The number of aromatic carboxylic acids is 1. The lowest BCUT2D eigenvalue weighted by Crippen LogP contribution is -2.11. The first-order chi connectivity index (χ1) is 9.56. The van der Waals surface area contributed by atoms with Gasteiger partial charge in [-0.1, -0.05) is 12.1 Å². The van der Waals surface area contributed by atoms with Gasteiger partial charge >= 0.3 is 5.97 Å². The highest BCUT2D eigenvalue weighted by atomic mass is 16.4. The summed E-state index contributed by atoms with van der Waals surface area (Å²) in [6.07, 6.45) is 1.39. The van der Waals surface area contributed by atoms with E-state index in [0.29, 0.717) is 17.9 Å². The van der Waals surface area contributed by atoms with E-state index in [1.165, 1.54) is 12.3 Å². The van der Waals surface area contributed by atoms with Crippen molar-refractivity contribution in [1.29, 1.82) is 0 Å². The second kappa shape index (κ2) is 5.83. The Hall–Kier alpha value is -2.89. The molecule has 0 radical (unpaired) electrons. The fraction of sp³-hybridized carbons (Fsp3) is 0.0714. The Morgan fingerprint density at radius 1 is 1.20 bits per heavy atom. The van der Waals surface area contributed by atoms with Crippen molar-refractivity contribution in [1.82, 2.24) is 4.98 Å². The van der Waals surface area contributed by atoms with Crippen molar-refractivity contribution in [3.8, 4) is 0 Å². The van der Waals surface area contributed by atoms with E-state index in [4.69, 9.17) is 10.8 Å².